The summed E-state index contributed by atoms with van der Waals surface area (Å²) in [6.45, 7) is 5.78. The Kier molecular flexibility index (Phi) is 4.36. The Balaban J connectivity index is 1.77. The number of fused-ring (bicyclic) bond motifs is 1. The van der Waals surface area contributed by atoms with Gasteiger partial charge in [-0.2, -0.15) is 0 Å². The molecule has 0 spiro atoms. The number of benzene rings is 1. The van der Waals surface area contributed by atoms with Crippen molar-refractivity contribution in [1.29, 1.82) is 0 Å². The zero-order valence-corrected chi connectivity index (χ0v) is 13.3. The summed E-state index contributed by atoms with van der Waals surface area (Å²) in [4.78, 5) is 2.58. The van der Waals surface area contributed by atoms with Crippen LogP contribution in [-0.2, 0) is 0 Å². The molecule has 0 saturated carbocycles. The highest BCUT2D eigenvalue weighted by Gasteiger charge is 2.36. The average molecular weight is 290 g/mol. The van der Waals surface area contributed by atoms with Gasteiger partial charge in [-0.1, -0.05) is 6.07 Å². The van der Waals surface area contributed by atoms with Crippen LogP contribution < -0.4 is 14.8 Å². The van der Waals surface area contributed by atoms with Gasteiger partial charge in [-0.25, -0.2) is 0 Å². The van der Waals surface area contributed by atoms with E-state index in [0.717, 1.165) is 24.0 Å². The molecule has 21 heavy (non-hydrogen) atoms. The topological polar surface area (TPSA) is 33.7 Å². The molecule has 3 rings (SSSR count). The van der Waals surface area contributed by atoms with E-state index in [2.05, 4.69) is 23.2 Å². The Labute approximate surface area is 127 Å². The molecule has 0 aliphatic carbocycles. The first-order valence-corrected chi connectivity index (χ1v) is 7.92. The van der Waals surface area contributed by atoms with E-state index in [1.54, 1.807) is 14.2 Å². The van der Waals surface area contributed by atoms with Gasteiger partial charge >= 0.3 is 0 Å². The van der Waals surface area contributed by atoms with E-state index in [1.165, 1.54) is 31.5 Å². The maximum absolute atomic E-state index is 5.56. The van der Waals surface area contributed by atoms with Gasteiger partial charge in [0, 0.05) is 36.8 Å². The number of likely N-dealkylation sites (tertiary alicyclic amines) is 1. The van der Waals surface area contributed by atoms with Gasteiger partial charge in [0.05, 0.1) is 14.2 Å². The fourth-order valence-electron chi connectivity index (χ4n) is 3.76. The summed E-state index contributed by atoms with van der Waals surface area (Å²) in [7, 11) is 3.42. The van der Waals surface area contributed by atoms with Crippen LogP contribution in [0, 0.1) is 5.92 Å². The zero-order chi connectivity index (χ0) is 14.8. The van der Waals surface area contributed by atoms with Crippen molar-refractivity contribution in [3.63, 3.8) is 0 Å². The number of nitrogens with zero attached hydrogens (tertiary/aromatic N) is 1. The molecule has 2 heterocycles. The molecule has 0 amide bonds. The molecule has 2 fully saturated rings. The van der Waals surface area contributed by atoms with Crippen molar-refractivity contribution in [3.8, 4) is 11.5 Å². The maximum Gasteiger partial charge on any atom is 0.127 e. The zero-order valence-electron chi connectivity index (χ0n) is 13.3. The summed E-state index contributed by atoms with van der Waals surface area (Å²) in [5, 5.41) is 3.67. The van der Waals surface area contributed by atoms with Gasteiger partial charge in [0.15, 0.2) is 0 Å². The Hall–Kier alpha value is -1.26. The molecular formula is C17H26N2O2. The smallest absolute Gasteiger partial charge is 0.127 e. The molecule has 2 saturated heterocycles. The maximum atomic E-state index is 5.56. The molecule has 116 valence electrons. The standard InChI is InChI=1S/C17H26N2O2/c1-12(15-7-6-14(20-2)9-17(15)21-3)19-10-13-5-4-8-18-16(13)11-19/h6-7,9,12-13,16,18H,4-5,8,10-11H2,1-3H3/t12?,13-,16+/m0/s1. The van der Waals surface area contributed by atoms with Crippen LogP contribution in [0.2, 0.25) is 0 Å². The highest BCUT2D eigenvalue weighted by molar-refractivity contribution is 5.42. The van der Waals surface area contributed by atoms with Gasteiger partial charge in [0.1, 0.15) is 11.5 Å². The third-order valence-corrected chi connectivity index (χ3v) is 5.07. The minimum atomic E-state index is 0.373. The minimum Gasteiger partial charge on any atom is -0.497 e. The van der Waals surface area contributed by atoms with E-state index < -0.39 is 0 Å². The van der Waals surface area contributed by atoms with E-state index in [9.17, 15) is 0 Å². The van der Waals surface area contributed by atoms with E-state index in [4.69, 9.17) is 9.47 Å². The van der Waals surface area contributed by atoms with Crippen LogP contribution in [0.15, 0.2) is 18.2 Å². The molecule has 0 aromatic heterocycles. The Morgan fingerprint density at radius 2 is 2.10 bits per heavy atom. The van der Waals surface area contributed by atoms with E-state index in [1.807, 2.05) is 12.1 Å². The number of piperidine rings is 1. The van der Waals surface area contributed by atoms with Crippen molar-refractivity contribution in [3.05, 3.63) is 23.8 Å². The van der Waals surface area contributed by atoms with Crippen LogP contribution >= 0.6 is 0 Å². The van der Waals surface area contributed by atoms with Gasteiger partial charge in [-0.05, 0) is 38.3 Å². The Morgan fingerprint density at radius 1 is 1.24 bits per heavy atom. The SMILES string of the molecule is COc1ccc(C(C)N2C[C@@H]3CCCN[C@@H]3C2)c(OC)c1. The molecule has 1 aromatic carbocycles. The Bertz CT molecular complexity index is 478. The summed E-state index contributed by atoms with van der Waals surface area (Å²) >= 11 is 0. The molecule has 4 nitrogen and oxygen atoms in total. The predicted octanol–water partition coefficient (Wildman–Crippen LogP) is 2.45. The third-order valence-electron chi connectivity index (χ3n) is 5.07. The summed E-state index contributed by atoms with van der Waals surface area (Å²) in [5.74, 6) is 2.58. The van der Waals surface area contributed by atoms with Gasteiger partial charge in [0.25, 0.3) is 0 Å². The lowest BCUT2D eigenvalue weighted by molar-refractivity contribution is 0.244. The predicted molar refractivity (Wildman–Crippen MR) is 84.0 cm³/mol. The lowest BCUT2D eigenvalue weighted by Crippen LogP contribution is -2.40. The van der Waals surface area contributed by atoms with Crippen molar-refractivity contribution in [2.24, 2.45) is 5.92 Å². The summed E-state index contributed by atoms with van der Waals surface area (Å²) in [5.41, 5.74) is 1.25. The van der Waals surface area contributed by atoms with Crippen molar-refractivity contribution < 1.29 is 9.47 Å². The normalized spacial score (nSPS) is 27.2. The molecule has 4 heteroatoms. The molecule has 2 aliphatic rings. The highest BCUT2D eigenvalue weighted by Crippen LogP contribution is 2.36. The van der Waals surface area contributed by atoms with Crippen molar-refractivity contribution >= 4 is 0 Å². The van der Waals surface area contributed by atoms with Crippen LogP contribution in [0.25, 0.3) is 0 Å². The van der Waals surface area contributed by atoms with Gasteiger partial charge < -0.3 is 14.8 Å². The molecule has 1 N–H and O–H groups in total. The second-order valence-corrected chi connectivity index (χ2v) is 6.20. The molecule has 3 atom stereocenters. The number of hydrogen-bond acceptors (Lipinski definition) is 4. The fourth-order valence-corrected chi connectivity index (χ4v) is 3.76. The van der Waals surface area contributed by atoms with Crippen LogP contribution in [0.1, 0.15) is 31.4 Å². The monoisotopic (exact) mass is 290 g/mol. The molecule has 0 bridgehead atoms. The van der Waals surface area contributed by atoms with Crippen molar-refractivity contribution in [2.45, 2.75) is 31.8 Å². The first kappa shape index (κ1) is 14.7. The lowest BCUT2D eigenvalue weighted by Gasteiger charge is -2.26. The number of ether oxygens (including phenoxy) is 2. The Morgan fingerprint density at radius 3 is 2.81 bits per heavy atom. The quantitative estimate of drug-likeness (QED) is 0.923. The van der Waals surface area contributed by atoms with Gasteiger partial charge in [-0.3, -0.25) is 4.90 Å². The molecule has 1 unspecified atom stereocenters. The first-order chi connectivity index (χ1) is 10.2. The second-order valence-electron chi connectivity index (χ2n) is 6.20. The highest BCUT2D eigenvalue weighted by atomic mass is 16.5. The van der Waals surface area contributed by atoms with E-state index >= 15 is 0 Å². The number of hydrogen-bond donors (Lipinski definition) is 1. The summed E-state index contributed by atoms with van der Waals surface area (Å²) in [6.07, 6.45) is 2.68. The van der Waals surface area contributed by atoms with Crippen LogP contribution in [-0.4, -0.2) is 44.8 Å². The third kappa shape index (κ3) is 2.87. The molecule has 2 aliphatic heterocycles. The number of nitrogens with one attached hydrogen (secondary N) is 1. The summed E-state index contributed by atoms with van der Waals surface area (Å²) < 4.78 is 10.9. The van der Waals surface area contributed by atoms with Crippen LogP contribution in [0.3, 0.4) is 0 Å². The lowest BCUT2D eigenvalue weighted by atomic mass is 9.94. The first-order valence-electron chi connectivity index (χ1n) is 7.92. The largest absolute Gasteiger partial charge is 0.497 e. The van der Waals surface area contributed by atoms with Crippen molar-refractivity contribution in [1.82, 2.24) is 10.2 Å². The fraction of sp³-hybridized carbons (Fsp3) is 0.647. The van der Waals surface area contributed by atoms with Gasteiger partial charge in [-0.15, -0.1) is 0 Å². The number of methoxy groups -OCH3 is 2. The van der Waals surface area contributed by atoms with E-state index in [-0.39, 0.29) is 0 Å². The van der Waals surface area contributed by atoms with Crippen LogP contribution in [0.4, 0.5) is 0 Å². The van der Waals surface area contributed by atoms with Gasteiger partial charge in [0.2, 0.25) is 0 Å². The molecule has 1 aromatic rings. The average Bonchev–Trinajstić information content (AvgIpc) is 2.97. The minimum absolute atomic E-state index is 0.373. The second kappa shape index (κ2) is 6.24. The molecular weight excluding hydrogens is 264 g/mol. The van der Waals surface area contributed by atoms with Crippen LogP contribution in [0.5, 0.6) is 11.5 Å². The summed E-state index contributed by atoms with van der Waals surface area (Å²) in [6, 6.07) is 7.18. The van der Waals surface area contributed by atoms with E-state index in [0.29, 0.717) is 12.1 Å². The number of rotatable bonds is 4. The molecule has 0 radical (unpaired) electrons. The van der Waals surface area contributed by atoms with Crippen molar-refractivity contribution in [2.75, 3.05) is 33.9 Å².